The zero-order valence-corrected chi connectivity index (χ0v) is 20.0. The molecule has 7 nitrogen and oxygen atoms in total. The minimum absolute atomic E-state index is 0.184. The first kappa shape index (κ1) is 22.9. The monoisotopic (exact) mass is 471 g/mol. The average Bonchev–Trinajstić information content (AvgIpc) is 3.34. The number of aromatic nitrogens is 1. The topological polar surface area (TPSA) is 89.6 Å². The molecule has 2 aliphatic rings. The van der Waals surface area contributed by atoms with Crippen LogP contribution in [0, 0.1) is 0 Å². The van der Waals surface area contributed by atoms with E-state index >= 15 is 0 Å². The Bertz CT molecular complexity index is 1330. The molecule has 2 amide bonds. The largest absolute Gasteiger partial charge is 0.454 e. The summed E-state index contributed by atoms with van der Waals surface area (Å²) in [6, 6.07) is 12.9. The Labute approximate surface area is 204 Å². The number of amides is 2. The molecule has 0 saturated heterocycles. The molecular weight excluding hydrogens is 442 g/mol. The molecular formula is C28H29N3O4. The van der Waals surface area contributed by atoms with Gasteiger partial charge in [-0.25, -0.2) is 4.98 Å². The van der Waals surface area contributed by atoms with Gasteiger partial charge < -0.3 is 20.1 Å². The Morgan fingerprint density at radius 1 is 1.11 bits per heavy atom. The number of benzene rings is 2. The smallest absolute Gasteiger partial charge is 0.252 e. The van der Waals surface area contributed by atoms with Gasteiger partial charge in [-0.3, -0.25) is 9.59 Å². The van der Waals surface area contributed by atoms with Crippen LogP contribution < -0.4 is 20.1 Å². The zero-order chi connectivity index (χ0) is 24.4. The summed E-state index contributed by atoms with van der Waals surface area (Å²) in [5.74, 6) is 1.05. The van der Waals surface area contributed by atoms with Crippen molar-refractivity contribution >= 4 is 34.4 Å². The van der Waals surface area contributed by atoms with Gasteiger partial charge in [-0.2, -0.15) is 0 Å². The third-order valence-electron chi connectivity index (χ3n) is 6.43. The molecule has 1 aliphatic carbocycles. The van der Waals surface area contributed by atoms with E-state index in [2.05, 4.69) is 16.7 Å². The number of para-hydroxylation sites is 1. The molecule has 0 radical (unpaired) electrons. The van der Waals surface area contributed by atoms with Crippen molar-refractivity contribution in [3.8, 4) is 11.5 Å². The van der Waals surface area contributed by atoms with Crippen LogP contribution in [0.2, 0.25) is 0 Å². The minimum atomic E-state index is -0.635. The van der Waals surface area contributed by atoms with Crippen molar-refractivity contribution < 1.29 is 19.1 Å². The number of hydrogen-bond acceptors (Lipinski definition) is 5. The van der Waals surface area contributed by atoms with Gasteiger partial charge in [0, 0.05) is 11.9 Å². The Morgan fingerprint density at radius 3 is 2.80 bits per heavy atom. The fourth-order valence-electron chi connectivity index (χ4n) is 4.67. The van der Waals surface area contributed by atoms with Gasteiger partial charge in [-0.05, 0) is 73.6 Å². The first-order valence-corrected chi connectivity index (χ1v) is 12.2. The van der Waals surface area contributed by atoms with Crippen molar-refractivity contribution in [2.45, 2.75) is 45.6 Å². The molecule has 35 heavy (non-hydrogen) atoms. The highest BCUT2D eigenvalue weighted by atomic mass is 16.7. The molecule has 5 rings (SSSR count). The molecule has 2 aromatic carbocycles. The lowest BCUT2D eigenvalue weighted by Gasteiger charge is -2.23. The van der Waals surface area contributed by atoms with Crippen LogP contribution >= 0.6 is 0 Å². The second kappa shape index (κ2) is 9.78. The SMILES string of the molecule is CCCNC(=O)C(C)NC(=O)c1c2c(nc3ccccc13)C(=Cc1ccc3c(c1)OCO3)CCC2. The quantitative estimate of drug-likeness (QED) is 0.553. The van der Waals surface area contributed by atoms with Gasteiger partial charge in [0.25, 0.3) is 5.91 Å². The van der Waals surface area contributed by atoms with E-state index in [0.717, 1.165) is 70.5 Å². The van der Waals surface area contributed by atoms with Crippen molar-refractivity contribution in [1.82, 2.24) is 15.6 Å². The molecule has 1 aliphatic heterocycles. The Morgan fingerprint density at radius 2 is 1.94 bits per heavy atom. The van der Waals surface area contributed by atoms with Crippen molar-refractivity contribution in [3.05, 3.63) is 64.8 Å². The number of nitrogens with one attached hydrogen (secondary N) is 2. The number of hydrogen-bond donors (Lipinski definition) is 2. The van der Waals surface area contributed by atoms with E-state index in [9.17, 15) is 9.59 Å². The maximum atomic E-state index is 13.5. The second-order valence-electron chi connectivity index (χ2n) is 8.95. The summed E-state index contributed by atoms with van der Waals surface area (Å²) in [6.45, 7) is 4.52. The fourth-order valence-corrected chi connectivity index (χ4v) is 4.67. The first-order chi connectivity index (χ1) is 17.0. The highest BCUT2D eigenvalue weighted by Gasteiger charge is 2.27. The summed E-state index contributed by atoms with van der Waals surface area (Å²) in [5, 5.41) is 6.56. The van der Waals surface area contributed by atoms with Crippen LogP contribution in [0.3, 0.4) is 0 Å². The summed E-state index contributed by atoms with van der Waals surface area (Å²) >= 11 is 0. The van der Waals surface area contributed by atoms with E-state index in [-0.39, 0.29) is 18.6 Å². The molecule has 0 bridgehead atoms. The van der Waals surface area contributed by atoms with Crippen LogP contribution in [-0.2, 0) is 11.2 Å². The van der Waals surface area contributed by atoms with E-state index in [4.69, 9.17) is 14.5 Å². The van der Waals surface area contributed by atoms with E-state index < -0.39 is 6.04 Å². The van der Waals surface area contributed by atoms with Gasteiger partial charge in [0.15, 0.2) is 11.5 Å². The highest BCUT2D eigenvalue weighted by Crippen LogP contribution is 2.38. The van der Waals surface area contributed by atoms with Gasteiger partial charge in [0.2, 0.25) is 12.7 Å². The van der Waals surface area contributed by atoms with Crippen LogP contribution in [0.1, 0.15) is 60.3 Å². The Balaban J connectivity index is 1.54. The van der Waals surface area contributed by atoms with Crippen molar-refractivity contribution in [1.29, 1.82) is 0 Å². The standard InChI is InChI=1S/C28H29N3O4/c1-3-13-29-27(32)17(2)30-28(33)25-20-8-4-5-10-22(20)31-26-19(7-6-9-21(25)26)14-18-11-12-23-24(15-18)35-16-34-23/h4-5,8,10-12,14-15,17H,3,6-7,9,13,16H2,1-2H3,(H,29,32)(H,30,33). The van der Waals surface area contributed by atoms with E-state index in [1.807, 2.05) is 49.4 Å². The number of ether oxygens (including phenoxy) is 2. The number of rotatable bonds is 6. The fraction of sp³-hybridized carbons (Fsp3) is 0.321. The van der Waals surface area contributed by atoms with E-state index in [0.29, 0.717) is 12.1 Å². The van der Waals surface area contributed by atoms with Crippen molar-refractivity contribution in [3.63, 3.8) is 0 Å². The number of carbonyl (C=O) groups excluding carboxylic acids is 2. The molecule has 1 unspecified atom stereocenters. The predicted octanol–water partition coefficient (Wildman–Crippen LogP) is 4.48. The maximum absolute atomic E-state index is 13.5. The normalized spacial score (nSPS) is 16.1. The molecule has 2 heterocycles. The third kappa shape index (κ3) is 4.58. The van der Waals surface area contributed by atoms with Crippen LogP contribution in [0.4, 0.5) is 0 Å². The number of fused-ring (bicyclic) bond motifs is 3. The summed E-state index contributed by atoms with van der Waals surface area (Å²) in [5.41, 5.74) is 5.23. The van der Waals surface area contributed by atoms with Gasteiger partial charge >= 0.3 is 0 Å². The van der Waals surface area contributed by atoms with Gasteiger partial charge in [-0.15, -0.1) is 0 Å². The molecule has 7 heteroatoms. The molecule has 0 fully saturated rings. The molecule has 0 saturated carbocycles. The van der Waals surface area contributed by atoms with Crippen molar-refractivity contribution in [2.75, 3.05) is 13.3 Å². The number of allylic oxidation sites excluding steroid dienone is 1. The van der Waals surface area contributed by atoms with Crippen molar-refractivity contribution in [2.24, 2.45) is 0 Å². The van der Waals surface area contributed by atoms with Gasteiger partial charge in [0.1, 0.15) is 6.04 Å². The summed E-state index contributed by atoms with van der Waals surface area (Å²) in [7, 11) is 0. The number of pyridine rings is 1. The van der Waals surface area contributed by atoms with Crippen LogP contribution in [0.5, 0.6) is 11.5 Å². The molecule has 1 atom stereocenters. The molecule has 0 spiro atoms. The van der Waals surface area contributed by atoms with Gasteiger partial charge in [0.05, 0.1) is 16.8 Å². The van der Waals surface area contributed by atoms with E-state index in [1.165, 1.54) is 0 Å². The number of carbonyl (C=O) groups is 2. The lowest BCUT2D eigenvalue weighted by atomic mass is 9.85. The minimum Gasteiger partial charge on any atom is -0.454 e. The summed E-state index contributed by atoms with van der Waals surface area (Å²) in [4.78, 5) is 30.9. The average molecular weight is 472 g/mol. The summed E-state index contributed by atoms with van der Waals surface area (Å²) in [6.07, 6.45) is 5.49. The Hall–Kier alpha value is -3.87. The lowest BCUT2D eigenvalue weighted by Crippen LogP contribution is -2.45. The highest BCUT2D eigenvalue weighted by molar-refractivity contribution is 6.10. The zero-order valence-electron chi connectivity index (χ0n) is 20.0. The molecule has 1 aromatic heterocycles. The van der Waals surface area contributed by atoms with E-state index in [1.54, 1.807) is 6.92 Å². The molecule has 3 aromatic rings. The predicted molar refractivity (Wildman–Crippen MR) is 135 cm³/mol. The summed E-state index contributed by atoms with van der Waals surface area (Å²) < 4.78 is 11.0. The molecule has 180 valence electrons. The molecule has 2 N–H and O–H groups in total. The van der Waals surface area contributed by atoms with Crippen LogP contribution in [0.15, 0.2) is 42.5 Å². The van der Waals surface area contributed by atoms with Gasteiger partial charge in [-0.1, -0.05) is 31.2 Å². The second-order valence-corrected chi connectivity index (χ2v) is 8.95. The lowest BCUT2D eigenvalue weighted by molar-refractivity contribution is -0.122. The number of nitrogens with zero attached hydrogens (tertiary/aromatic N) is 1. The van der Waals surface area contributed by atoms with Crippen LogP contribution in [0.25, 0.3) is 22.6 Å². The maximum Gasteiger partial charge on any atom is 0.252 e. The first-order valence-electron chi connectivity index (χ1n) is 12.2. The third-order valence-corrected chi connectivity index (χ3v) is 6.43. The Kier molecular flexibility index (Phi) is 6.40. The van der Waals surface area contributed by atoms with Crippen LogP contribution in [-0.4, -0.2) is 36.2 Å².